The molecule has 0 aliphatic carbocycles. The first-order valence-electron chi connectivity index (χ1n) is 9.49. The monoisotopic (exact) mass is 482 g/mol. The Morgan fingerprint density at radius 2 is 1.64 bits per heavy atom. The summed E-state index contributed by atoms with van der Waals surface area (Å²) in [6.07, 6.45) is -5.61. The summed E-state index contributed by atoms with van der Waals surface area (Å²) in [6.45, 7) is -5.59. The highest BCUT2D eigenvalue weighted by atomic mass is 19.4. The fourth-order valence-corrected chi connectivity index (χ4v) is 2.81. The zero-order valence-electron chi connectivity index (χ0n) is 16.9. The fraction of sp³-hybridized carbons (Fsp3) is 0.474. The molecule has 182 valence electrons. The van der Waals surface area contributed by atoms with E-state index in [0.717, 1.165) is 29.2 Å². The van der Waals surface area contributed by atoms with E-state index in [9.17, 15) is 41.1 Å². The summed E-state index contributed by atoms with van der Waals surface area (Å²) in [6, 6.07) is 4.52. The van der Waals surface area contributed by atoms with E-state index in [1.54, 1.807) is 0 Å². The van der Waals surface area contributed by atoms with E-state index in [1.807, 2.05) is 5.32 Å². The van der Waals surface area contributed by atoms with Crippen LogP contribution in [-0.2, 0) is 19.1 Å². The van der Waals surface area contributed by atoms with E-state index >= 15 is 0 Å². The minimum Gasteiger partial charge on any atom is -0.455 e. The Balaban J connectivity index is 1.71. The number of benzene rings is 1. The first kappa shape index (κ1) is 25.8. The van der Waals surface area contributed by atoms with Gasteiger partial charge in [0, 0.05) is 18.7 Å². The smallest absolute Gasteiger partial charge is 0.422 e. The van der Waals surface area contributed by atoms with Gasteiger partial charge in [-0.1, -0.05) is 0 Å². The number of likely N-dealkylation sites (tertiary alicyclic amines) is 1. The van der Waals surface area contributed by atoms with Gasteiger partial charge in [-0.15, -0.1) is 0 Å². The van der Waals surface area contributed by atoms with Gasteiger partial charge in [-0.3, -0.25) is 19.7 Å². The Morgan fingerprint density at radius 3 is 2.18 bits per heavy atom. The summed E-state index contributed by atoms with van der Waals surface area (Å²) >= 11 is 0. The molecule has 0 saturated carbocycles. The lowest BCUT2D eigenvalue weighted by Gasteiger charge is -2.30. The van der Waals surface area contributed by atoms with Crippen LogP contribution in [0.1, 0.15) is 23.2 Å². The van der Waals surface area contributed by atoms with Crippen LogP contribution in [0.3, 0.4) is 0 Å². The van der Waals surface area contributed by atoms with E-state index in [4.69, 9.17) is 4.74 Å². The maximum Gasteiger partial charge on any atom is 0.422 e. The SMILES string of the molecule is O=C(COC(=O)C1CCN(C(=O)OCC(F)(F)F)CC1)NC(=O)c1ccc(OC(F)F)cc1. The summed E-state index contributed by atoms with van der Waals surface area (Å²) < 4.78 is 73.6. The number of carbonyl (C=O) groups excluding carboxylic acids is 4. The molecule has 0 atom stereocenters. The Morgan fingerprint density at radius 1 is 1.03 bits per heavy atom. The number of nitrogens with zero attached hydrogens (tertiary/aromatic N) is 1. The molecule has 1 aliphatic heterocycles. The normalized spacial score (nSPS) is 14.5. The van der Waals surface area contributed by atoms with Gasteiger partial charge in [0.15, 0.2) is 13.2 Å². The second-order valence-corrected chi connectivity index (χ2v) is 6.82. The van der Waals surface area contributed by atoms with Gasteiger partial charge in [-0.05, 0) is 37.1 Å². The number of imide groups is 1. The van der Waals surface area contributed by atoms with Crippen LogP contribution in [0.5, 0.6) is 5.75 Å². The van der Waals surface area contributed by atoms with Crippen LogP contribution in [0, 0.1) is 5.92 Å². The van der Waals surface area contributed by atoms with E-state index in [1.165, 1.54) is 0 Å². The van der Waals surface area contributed by atoms with Crippen molar-refractivity contribution in [3.05, 3.63) is 29.8 Å². The number of esters is 1. The minimum atomic E-state index is -4.65. The maximum atomic E-state index is 12.1. The third kappa shape index (κ3) is 8.90. The van der Waals surface area contributed by atoms with Gasteiger partial charge in [0.1, 0.15) is 5.75 Å². The van der Waals surface area contributed by atoms with Crippen LogP contribution >= 0.6 is 0 Å². The average Bonchev–Trinajstić information content (AvgIpc) is 2.75. The van der Waals surface area contributed by atoms with Gasteiger partial charge in [-0.25, -0.2) is 4.79 Å². The lowest BCUT2D eigenvalue weighted by molar-refractivity contribution is -0.163. The molecule has 0 unspecified atom stereocenters. The molecule has 1 saturated heterocycles. The van der Waals surface area contributed by atoms with Crippen molar-refractivity contribution in [2.45, 2.75) is 25.6 Å². The molecule has 1 N–H and O–H groups in total. The Hall–Kier alpha value is -3.45. The molecular weight excluding hydrogens is 463 g/mol. The van der Waals surface area contributed by atoms with E-state index < -0.39 is 55.8 Å². The number of hydrogen-bond donors (Lipinski definition) is 1. The second kappa shape index (κ2) is 11.4. The van der Waals surface area contributed by atoms with Crippen LogP contribution in [-0.4, -0.2) is 67.9 Å². The number of piperidine rings is 1. The van der Waals surface area contributed by atoms with Crippen molar-refractivity contribution in [2.24, 2.45) is 5.92 Å². The molecule has 3 amide bonds. The van der Waals surface area contributed by atoms with E-state index in [0.29, 0.717) is 0 Å². The van der Waals surface area contributed by atoms with Crippen molar-refractivity contribution in [2.75, 3.05) is 26.3 Å². The molecule has 1 aromatic rings. The lowest BCUT2D eigenvalue weighted by atomic mass is 9.97. The topological polar surface area (TPSA) is 111 Å². The standard InChI is InChI=1S/C19H19F5N2O7/c20-17(21)33-13-3-1-11(2-4-13)15(28)25-14(27)9-31-16(29)12-5-7-26(8-6-12)18(30)32-10-19(22,23)24/h1-4,12,17H,5-10H2,(H,25,27,28). The van der Waals surface area contributed by atoms with Gasteiger partial charge in [0.05, 0.1) is 5.92 Å². The quantitative estimate of drug-likeness (QED) is 0.470. The Kier molecular flexibility index (Phi) is 8.94. The minimum absolute atomic E-state index is 0.0268. The molecule has 1 heterocycles. The predicted octanol–water partition coefficient (Wildman–Crippen LogP) is 2.50. The number of amides is 3. The molecule has 0 radical (unpaired) electrons. The summed E-state index contributed by atoms with van der Waals surface area (Å²) in [4.78, 5) is 48.5. The van der Waals surface area contributed by atoms with Crippen LogP contribution in [0.2, 0.25) is 0 Å². The largest absolute Gasteiger partial charge is 0.455 e. The summed E-state index contributed by atoms with van der Waals surface area (Å²) in [5.74, 6) is -3.43. The van der Waals surface area contributed by atoms with Crippen LogP contribution < -0.4 is 10.1 Å². The number of hydrogen-bond acceptors (Lipinski definition) is 7. The lowest BCUT2D eigenvalue weighted by Crippen LogP contribution is -2.42. The van der Waals surface area contributed by atoms with E-state index in [2.05, 4.69) is 9.47 Å². The molecule has 0 spiro atoms. The van der Waals surface area contributed by atoms with Crippen LogP contribution in [0.4, 0.5) is 26.7 Å². The van der Waals surface area contributed by atoms with Crippen LogP contribution in [0.25, 0.3) is 0 Å². The number of nitrogens with one attached hydrogen (secondary N) is 1. The third-order valence-electron chi connectivity index (χ3n) is 4.39. The molecule has 2 rings (SSSR count). The number of carbonyl (C=O) groups is 4. The highest BCUT2D eigenvalue weighted by molar-refractivity contribution is 6.05. The highest BCUT2D eigenvalue weighted by Gasteiger charge is 2.33. The van der Waals surface area contributed by atoms with Crippen molar-refractivity contribution >= 4 is 23.9 Å². The molecule has 14 heteroatoms. The highest BCUT2D eigenvalue weighted by Crippen LogP contribution is 2.21. The molecule has 33 heavy (non-hydrogen) atoms. The number of rotatable bonds is 7. The first-order valence-corrected chi connectivity index (χ1v) is 9.49. The van der Waals surface area contributed by atoms with Gasteiger partial charge in [0.2, 0.25) is 0 Å². The molecule has 0 bridgehead atoms. The van der Waals surface area contributed by atoms with Gasteiger partial charge < -0.3 is 19.1 Å². The van der Waals surface area contributed by atoms with Crippen molar-refractivity contribution in [3.63, 3.8) is 0 Å². The van der Waals surface area contributed by atoms with Gasteiger partial charge >= 0.3 is 24.9 Å². The molecule has 1 aliphatic rings. The van der Waals surface area contributed by atoms with Crippen molar-refractivity contribution in [1.82, 2.24) is 10.2 Å². The van der Waals surface area contributed by atoms with Crippen molar-refractivity contribution in [3.8, 4) is 5.75 Å². The summed E-state index contributed by atoms with van der Waals surface area (Å²) in [7, 11) is 0. The fourth-order valence-electron chi connectivity index (χ4n) is 2.81. The number of alkyl halides is 5. The summed E-state index contributed by atoms with van der Waals surface area (Å²) in [5.41, 5.74) is -0.0268. The van der Waals surface area contributed by atoms with Gasteiger partial charge in [-0.2, -0.15) is 22.0 Å². The number of ether oxygens (including phenoxy) is 3. The van der Waals surface area contributed by atoms with Crippen molar-refractivity contribution < 1.29 is 55.3 Å². The zero-order valence-corrected chi connectivity index (χ0v) is 16.9. The molecule has 1 fully saturated rings. The molecule has 9 nitrogen and oxygen atoms in total. The number of halogens is 5. The van der Waals surface area contributed by atoms with E-state index in [-0.39, 0.29) is 37.2 Å². The first-order chi connectivity index (χ1) is 15.4. The van der Waals surface area contributed by atoms with Crippen molar-refractivity contribution in [1.29, 1.82) is 0 Å². The third-order valence-corrected chi connectivity index (χ3v) is 4.39. The predicted molar refractivity (Wildman–Crippen MR) is 98.2 cm³/mol. The molecule has 1 aromatic carbocycles. The molecular formula is C19H19F5N2O7. The maximum absolute atomic E-state index is 12.1. The Labute approximate surface area is 183 Å². The van der Waals surface area contributed by atoms with Gasteiger partial charge in [0.25, 0.3) is 11.8 Å². The Bertz CT molecular complexity index is 853. The summed E-state index contributed by atoms with van der Waals surface area (Å²) in [5, 5.41) is 1.96. The molecule has 0 aromatic heterocycles. The average molecular weight is 482 g/mol. The zero-order chi connectivity index (χ0) is 24.6. The second-order valence-electron chi connectivity index (χ2n) is 6.82. The van der Waals surface area contributed by atoms with Crippen LogP contribution in [0.15, 0.2) is 24.3 Å².